The van der Waals surface area contributed by atoms with E-state index in [0.29, 0.717) is 6.61 Å². The maximum atomic E-state index is 10.7. The molecule has 0 N–H and O–H groups in total. The normalized spacial score (nSPS) is 18.8. The number of hydrogen-bond acceptors (Lipinski definition) is 4. The topological polar surface area (TPSA) is 32.8 Å². The number of hydrogen-bond donors (Lipinski definition) is 0. The molecule has 0 atom stereocenters. The van der Waals surface area contributed by atoms with Gasteiger partial charge in [0, 0.05) is 25.7 Å². The number of esters is 1. The van der Waals surface area contributed by atoms with Crippen LogP contribution in [0.1, 0.15) is 0 Å². The van der Waals surface area contributed by atoms with Crippen LogP contribution in [0.25, 0.3) is 0 Å². The summed E-state index contributed by atoms with van der Waals surface area (Å²) in [6, 6.07) is 0. The van der Waals surface area contributed by atoms with Gasteiger partial charge in [-0.3, -0.25) is 9.80 Å². The number of carbonyl (C=O) groups is 1. The fourth-order valence-corrected chi connectivity index (χ4v) is 1.31. The van der Waals surface area contributed by atoms with E-state index < -0.39 is 0 Å². The van der Waals surface area contributed by atoms with Crippen LogP contribution < -0.4 is 0 Å². The van der Waals surface area contributed by atoms with Gasteiger partial charge in [0.05, 0.1) is 6.67 Å². The highest BCUT2D eigenvalue weighted by molar-refractivity contribution is 5.81. The Bertz CT molecular complexity index is 194. The van der Waals surface area contributed by atoms with Crippen LogP contribution in [0.5, 0.6) is 0 Å². The van der Waals surface area contributed by atoms with Gasteiger partial charge in [-0.25, -0.2) is 4.79 Å². The highest BCUT2D eigenvalue weighted by Gasteiger charge is 2.15. The summed E-state index contributed by atoms with van der Waals surface area (Å²) in [6.45, 7) is 7.71. The Hall–Kier alpha value is -0.870. The van der Waals surface area contributed by atoms with Gasteiger partial charge in [-0.15, -0.1) is 0 Å². The second-order valence-corrected chi connectivity index (χ2v) is 3.21. The molecule has 1 rings (SSSR count). The molecule has 1 saturated heterocycles. The molecule has 0 radical (unpaired) electrons. The summed E-state index contributed by atoms with van der Waals surface area (Å²) in [4.78, 5) is 15.2. The van der Waals surface area contributed by atoms with E-state index in [1.807, 2.05) is 0 Å². The molecule has 1 aliphatic rings. The van der Waals surface area contributed by atoms with Gasteiger partial charge in [0.2, 0.25) is 0 Å². The van der Waals surface area contributed by atoms with Crippen molar-refractivity contribution in [2.24, 2.45) is 0 Å². The lowest BCUT2D eigenvalue weighted by molar-refractivity contribution is -0.138. The highest BCUT2D eigenvalue weighted by Crippen LogP contribution is 2.00. The summed E-state index contributed by atoms with van der Waals surface area (Å²) >= 11 is 0. The predicted molar refractivity (Wildman–Crippen MR) is 50.2 cm³/mol. The Kier molecular flexibility index (Phi) is 3.92. The minimum Gasteiger partial charge on any atom is -0.461 e. The molecule has 0 saturated carbocycles. The van der Waals surface area contributed by atoms with Gasteiger partial charge in [0.15, 0.2) is 0 Å². The summed E-state index contributed by atoms with van der Waals surface area (Å²) in [5, 5.41) is 0. The molecular formula is C9H16N2O2. The quantitative estimate of drug-likeness (QED) is 0.452. The number of ether oxygens (including phenoxy) is 1. The van der Waals surface area contributed by atoms with Crippen molar-refractivity contribution < 1.29 is 9.53 Å². The fraction of sp³-hybridized carbons (Fsp3) is 0.667. The number of rotatable bonds is 4. The number of carbonyl (C=O) groups excluding carboxylic acids is 1. The minimum atomic E-state index is -0.340. The van der Waals surface area contributed by atoms with E-state index in [4.69, 9.17) is 4.74 Å². The summed E-state index contributed by atoms with van der Waals surface area (Å²) < 4.78 is 4.87. The monoisotopic (exact) mass is 184 g/mol. The van der Waals surface area contributed by atoms with Crippen LogP contribution in [-0.4, -0.2) is 55.7 Å². The van der Waals surface area contributed by atoms with Crippen LogP contribution in [-0.2, 0) is 9.53 Å². The maximum absolute atomic E-state index is 10.7. The molecule has 0 aromatic rings. The van der Waals surface area contributed by atoms with E-state index in [2.05, 4.69) is 23.4 Å². The Morgan fingerprint density at radius 3 is 2.92 bits per heavy atom. The zero-order valence-electron chi connectivity index (χ0n) is 8.03. The lowest BCUT2D eigenvalue weighted by Gasteiger charge is -2.14. The van der Waals surface area contributed by atoms with E-state index in [1.54, 1.807) is 0 Å². The van der Waals surface area contributed by atoms with Gasteiger partial charge in [0.1, 0.15) is 6.61 Å². The van der Waals surface area contributed by atoms with Gasteiger partial charge in [0.25, 0.3) is 0 Å². The molecule has 0 unspecified atom stereocenters. The molecule has 1 fully saturated rings. The third-order valence-corrected chi connectivity index (χ3v) is 2.06. The summed E-state index contributed by atoms with van der Waals surface area (Å²) in [7, 11) is 2.08. The number of likely N-dealkylation sites (N-methyl/N-ethyl adjacent to an activating group) is 1. The molecule has 13 heavy (non-hydrogen) atoms. The summed E-state index contributed by atoms with van der Waals surface area (Å²) in [5.74, 6) is -0.340. The molecule has 4 heteroatoms. The minimum absolute atomic E-state index is 0.340. The van der Waals surface area contributed by atoms with Crippen molar-refractivity contribution >= 4 is 5.97 Å². The highest BCUT2D eigenvalue weighted by atomic mass is 16.5. The van der Waals surface area contributed by atoms with E-state index in [-0.39, 0.29) is 5.97 Å². The molecule has 0 aromatic carbocycles. The average molecular weight is 184 g/mol. The molecule has 74 valence electrons. The molecule has 1 heterocycles. The Labute approximate surface area is 78.8 Å². The zero-order valence-corrected chi connectivity index (χ0v) is 8.03. The molecule has 4 nitrogen and oxygen atoms in total. The molecular weight excluding hydrogens is 168 g/mol. The largest absolute Gasteiger partial charge is 0.461 e. The molecule has 0 amide bonds. The van der Waals surface area contributed by atoms with Crippen molar-refractivity contribution in [2.75, 3.05) is 40.0 Å². The van der Waals surface area contributed by atoms with Crippen LogP contribution in [0.3, 0.4) is 0 Å². The first kappa shape index (κ1) is 10.2. The standard InChI is InChI=1S/C9H16N2O2/c1-3-9(12)13-7-6-11-5-4-10(2)8-11/h3H,1,4-8H2,2H3. The second-order valence-electron chi connectivity index (χ2n) is 3.21. The van der Waals surface area contributed by atoms with Gasteiger partial charge in [-0.05, 0) is 7.05 Å². The van der Waals surface area contributed by atoms with Crippen molar-refractivity contribution in [3.8, 4) is 0 Å². The first-order chi connectivity index (χ1) is 6.22. The summed E-state index contributed by atoms with van der Waals surface area (Å²) in [5.41, 5.74) is 0. The average Bonchev–Trinajstić information content (AvgIpc) is 2.51. The van der Waals surface area contributed by atoms with E-state index in [1.165, 1.54) is 6.08 Å². The van der Waals surface area contributed by atoms with E-state index in [0.717, 1.165) is 26.3 Å². The smallest absolute Gasteiger partial charge is 0.330 e. The first-order valence-corrected chi connectivity index (χ1v) is 4.42. The zero-order chi connectivity index (χ0) is 9.68. The lowest BCUT2D eigenvalue weighted by Crippen LogP contribution is -2.27. The van der Waals surface area contributed by atoms with Crippen LogP contribution in [0.2, 0.25) is 0 Å². The van der Waals surface area contributed by atoms with Crippen LogP contribution in [0.15, 0.2) is 12.7 Å². The van der Waals surface area contributed by atoms with Gasteiger partial charge >= 0.3 is 5.97 Å². The van der Waals surface area contributed by atoms with Crippen molar-refractivity contribution in [3.63, 3.8) is 0 Å². The SMILES string of the molecule is C=CC(=O)OCCN1CCN(C)C1. The van der Waals surface area contributed by atoms with Gasteiger partial charge < -0.3 is 4.74 Å². The van der Waals surface area contributed by atoms with E-state index in [9.17, 15) is 4.79 Å². The fourth-order valence-electron chi connectivity index (χ4n) is 1.31. The predicted octanol–water partition coefficient (Wildman–Crippen LogP) is -0.0795. The summed E-state index contributed by atoms with van der Waals surface area (Å²) in [6.07, 6.45) is 1.19. The van der Waals surface area contributed by atoms with Crippen LogP contribution >= 0.6 is 0 Å². The Morgan fingerprint density at radius 2 is 2.38 bits per heavy atom. The number of nitrogens with zero attached hydrogens (tertiary/aromatic N) is 2. The van der Waals surface area contributed by atoms with Crippen LogP contribution in [0, 0.1) is 0 Å². The van der Waals surface area contributed by atoms with Crippen molar-refractivity contribution in [2.45, 2.75) is 0 Å². The Balaban J connectivity index is 2.06. The van der Waals surface area contributed by atoms with Gasteiger partial charge in [-0.2, -0.15) is 0 Å². The molecule has 0 spiro atoms. The second kappa shape index (κ2) is 4.99. The van der Waals surface area contributed by atoms with Crippen LogP contribution in [0.4, 0.5) is 0 Å². The van der Waals surface area contributed by atoms with Gasteiger partial charge in [-0.1, -0.05) is 6.58 Å². The molecule has 0 aliphatic carbocycles. The van der Waals surface area contributed by atoms with Crippen molar-refractivity contribution in [3.05, 3.63) is 12.7 Å². The lowest BCUT2D eigenvalue weighted by atomic mass is 10.5. The third kappa shape index (κ3) is 3.57. The molecule has 0 bridgehead atoms. The third-order valence-electron chi connectivity index (χ3n) is 2.06. The van der Waals surface area contributed by atoms with Crippen molar-refractivity contribution in [1.29, 1.82) is 0 Å². The molecule has 1 aliphatic heterocycles. The maximum Gasteiger partial charge on any atom is 0.330 e. The van der Waals surface area contributed by atoms with E-state index >= 15 is 0 Å². The Morgan fingerprint density at radius 1 is 1.62 bits per heavy atom. The van der Waals surface area contributed by atoms with Crippen molar-refractivity contribution in [1.82, 2.24) is 9.80 Å². The molecule has 0 aromatic heterocycles. The first-order valence-electron chi connectivity index (χ1n) is 4.42.